The van der Waals surface area contributed by atoms with Crippen molar-refractivity contribution in [2.75, 3.05) is 26.2 Å². The molecular formula is C13H19BrN2O. The van der Waals surface area contributed by atoms with Crippen LogP contribution in [0.4, 0.5) is 0 Å². The number of hydrogen-bond acceptors (Lipinski definition) is 3. The van der Waals surface area contributed by atoms with Crippen LogP contribution in [-0.4, -0.2) is 36.2 Å². The molecule has 94 valence electrons. The SMILES string of the molecule is Oc1c(Br)cccc1CNCCN1CCCC1. The van der Waals surface area contributed by atoms with E-state index < -0.39 is 0 Å². The monoisotopic (exact) mass is 298 g/mol. The summed E-state index contributed by atoms with van der Waals surface area (Å²) in [4.78, 5) is 2.48. The topological polar surface area (TPSA) is 35.5 Å². The predicted molar refractivity (Wildman–Crippen MR) is 73.2 cm³/mol. The van der Waals surface area contributed by atoms with Crippen LogP contribution in [0, 0.1) is 0 Å². The summed E-state index contributed by atoms with van der Waals surface area (Å²) in [5, 5.41) is 13.2. The normalized spacial score (nSPS) is 16.5. The molecule has 0 saturated carbocycles. The molecule has 1 aliphatic rings. The lowest BCUT2D eigenvalue weighted by Crippen LogP contribution is -2.29. The van der Waals surface area contributed by atoms with Crippen LogP contribution >= 0.6 is 15.9 Å². The van der Waals surface area contributed by atoms with Crippen molar-refractivity contribution in [1.82, 2.24) is 10.2 Å². The Morgan fingerprint density at radius 2 is 2.06 bits per heavy atom. The zero-order chi connectivity index (χ0) is 12.1. The summed E-state index contributed by atoms with van der Waals surface area (Å²) >= 11 is 3.32. The first-order valence-corrected chi connectivity index (χ1v) is 6.96. The molecule has 1 aliphatic heterocycles. The number of phenols is 1. The molecular weight excluding hydrogens is 280 g/mol. The van der Waals surface area contributed by atoms with Crippen LogP contribution < -0.4 is 5.32 Å². The Bertz CT molecular complexity index is 364. The van der Waals surface area contributed by atoms with E-state index in [9.17, 15) is 5.11 Å². The van der Waals surface area contributed by atoms with Crippen LogP contribution in [0.25, 0.3) is 0 Å². The van der Waals surface area contributed by atoms with Crippen molar-refractivity contribution in [3.05, 3.63) is 28.2 Å². The van der Waals surface area contributed by atoms with Gasteiger partial charge in [0, 0.05) is 25.2 Å². The molecule has 2 N–H and O–H groups in total. The third-order valence-electron chi connectivity index (χ3n) is 3.19. The fourth-order valence-corrected chi connectivity index (χ4v) is 2.58. The Kier molecular flexibility index (Phi) is 4.83. The minimum Gasteiger partial charge on any atom is -0.506 e. The lowest BCUT2D eigenvalue weighted by atomic mass is 10.2. The number of likely N-dealkylation sites (tertiary alicyclic amines) is 1. The number of phenolic OH excluding ortho intramolecular Hbond substituents is 1. The molecule has 0 unspecified atom stereocenters. The zero-order valence-electron chi connectivity index (χ0n) is 9.95. The van der Waals surface area contributed by atoms with Crippen LogP contribution in [0.15, 0.2) is 22.7 Å². The summed E-state index contributed by atoms with van der Waals surface area (Å²) in [6.07, 6.45) is 2.68. The van der Waals surface area contributed by atoms with Crippen LogP contribution in [0.5, 0.6) is 5.75 Å². The van der Waals surface area contributed by atoms with Gasteiger partial charge in [-0.05, 0) is 47.9 Å². The van der Waals surface area contributed by atoms with Crippen molar-refractivity contribution in [3.8, 4) is 5.75 Å². The van der Waals surface area contributed by atoms with E-state index in [2.05, 4.69) is 26.1 Å². The Labute approximate surface area is 111 Å². The van der Waals surface area contributed by atoms with Crippen LogP contribution in [0.3, 0.4) is 0 Å². The van der Waals surface area contributed by atoms with E-state index >= 15 is 0 Å². The second-order valence-corrected chi connectivity index (χ2v) is 5.33. The molecule has 0 atom stereocenters. The minimum atomic E-state index is 0.348. The van der Waals surface area contributed by atoms with Crippen molar-refractivity contribution < 1.29 is 5.11 Å². The number of halogens is 1. The first kappa shape index (κ1) is 12.9. The van der Waals surface area contributed by atoms with E-state index in [0.717, 1.165) is 29.7 Å². The number of nitrogens with one attached hydrogen (secondary N) is 1. The Morgan fingerprint density at radius 3 is 2.82 bits per heavy atom. The van der Waals surface area contributed by atoms with Crippen LogP contribution in [-0.2, 0) is 6.54 Å². The number of benzene rings is 1. The largest absolute Gasteiger partial charge is 0.506 e. The predicted octanol–water partition coefficient (Wildman–Crippen LogP) is 2.34. The van der Waals surface area contributed by atoms with Gasteiger partial charge in [-0.25, -0.2) is 0 Å². The zero-order valence-corrected chi connectivity index (χ0v) is 11.5. The number of para-hydroxylation sites is 1. The fourth-order valence-electron chi connectivity index (χ4n) is 2.17. The highest BCUT2D eigenvalue weighted by Crippen LogP contribution is 2.27. The average molecular weight is 299 g/mol. The Hall–Kier alpha value is -0.580. The molecule has 0 aliphatic carbocycles. The lowest BCUT2D eigenvalue weighted by molar-refractivity contribution is 0.335. The number of aromatic hydroxyl groups is 1. The minimum absolute atomic E-state index is 0.348. The van der Waals surface area contributed by atoms with Gasteiger partial charge >= 0.3 is 0 Å². The van der Waals surface area contributed by atoms with Crippen molar-refractivity contribution in [2.24, 2.45) is 0 Å². The van der Waals surface area contributed by atoms with Gasteiger partial charge in [0.2, 0.25) is 0 Å². The molecule has 3 nitrogen and oxygen atoms in total. The highest BCUT2D eigenvalue weighted by atomic mass is 79.9. The second kappa shape index (κ2) is 6.38. The first-order valence-electron chi connectivity index (χ1n) is 6.17. The van der Waals surface area contributed by atoms with E-state index in [1.165, 1.54) is 25.9 Å². The van der Waals surface area contributed by atoms with E-state index in [4.69, 9.17) is 0 Å². The highest BCUT2D eigenvalue weighted by molar-refractivity contribution is 9.10. The molecule has 0 spiro atoms. The molecule has 1 saturated heterocycles. The highest BCUT2D eigenvalue weighted by Gasteiger charge is 2.10. The van der Waals surface area contributed by atoms with Gasteiger partial charge in [0.1, 0.15) is 5.75 Å². The standard InChI is InChI=1S/C13H19BrN2O/c14-12-5-3-4-11(13(12)17)10-15-6-9-16-7-1-2-8-16/h3-5,15,17H,1-2,6-10H2. The van der Waals surface area contributed by atoms with Gasteiger partial charge in [-0.3, -0.25) is 0 Å². The first-order chi connectivity index (χ1) is 8.27. The third-order valence-corrected chi connectivity index (χ3v) is 3.83. The van der Waals surface area contributed by atoms with E-state index in [1.54, 1.807) is 0 Å². The molecule has 1 heterocycles. The Morgan fingerprint density at radius 1 is 1.29 bits per heavy atom. The van der Waals surface area contributed by atoms with Gasteiger partial charge in [-0.1, -0.05) is 12.1 Å². The molecule has 1 aromatic rings. The molecule has 0 amide bonds. The van der Waals surface area contributed by atoms with Crippen molar-refractivity contribution in [3.63, 3.8) is 0 Å². The summed E-state index contributed by atoms with van der Waals surface area (Å²) in [5.74, 6) is 0.348. The average Bonchev–Trinajstić information content (AvgIpc) is 2.83. The molecule has 4 heteroatoms. The maximum atomic E-state index is 9.81. The second-order valence-electron chi connectivity index (χ2n) is 4.47. The van der Waals surface area contributed by atoms with Gasteiger partial charge in [0.15, 0.2) is 0 Å². The van der Waals surface area contributed by atoms with E-state index in [0.29, 0.717) is 5.75 Å². The molecule has 17 heavy (non-hydrogen) atoms. The fraction of sp³-hybridized carbons (Fsp3) is 0.538. The molecule has 1 fully saturated rings. The summed E-state index contributed by atoms with van der Waals surface area (Å²) < 4.78 is 0.761. The Balaban J connectivity index is 1.72. The summed E-state index contributed by atoms with van der Waals surface area (Å²) in [6.45, 7) is 5.29. The summed E-state index contributed by atoms with van der Waals surface area (Å²) in [6, 6.07) is 5.74. The van der Waals surface area contributed by atoms with Crippen molar-refractivity contribution in [2.45, 2.75) is 19.4 Å². The molecule has 2 rings (SSSR count). The quantitative estimate of drug-likeness (QED) is 0.819. The number of hydrogen-bond donors (Lipinski definition) is 2. The maximum Gasteiger partial charge on any atom is 0.134 e. The van der Waals surface area contributed by atoms with Crippen molar-refractivity contribution in [1.29, 1.82) is 0 Å². The smallest absolute Gasteiger partial charge is 0.134 e. The van der Waals surface area contributed by atoms with Gasteiger partial charge in [0.05, 0.1) is 4.47 Å². The summed E-state index contributed by atoms with van der Waals surface area (Å²) in [5.41, 5.74) is 0.945. The molecule has 0 radical (unpaired) electrons. The maximum absolute atomic E-state index is 9.81. The summed E-state index contributed by atoms with van der Waals surface area (Å²) in [7, 11) is 0. The molecule has 0 aromatic heterocycles. The van der Waals surface area contributed by atoms with Gasteiger partial charge in [0.25, 0.3) is 0 Å². The molecule has 1 aromatic carbocycles. The lowest BCUT2D eigenvalue weighted by Gasteiger charge is -2.15. The van der Waals surface area contributed by atoms with Gasteiger partial charge in [-0.15, -0.1) is 0 Å². The van der Waals surface area contributed by atoms with Gasteiger partial charge < -0.3 is 15.3 Å². The molecule has 0 bridgehead atoms. The third kappa shape index (κ3) is 3.69. The van der Waals surface area contributed by atoms with Gasteiger partial charge in [-0.2, -0.15) is 0 Å². The number of rotatable bonds is 5. The van der Waals surface area contributed by atoms with Crippen LogP contribution in [0.2, 0.25) is 0 Å². The van der Waals surface area contributed by atoms with E-state index in [1.807, 2.05) is 18.2 Å². The van der Waals surface area contributed by atoms with E-state index in [-0.39, 0.29) is 0 Å². The number of nitrogens with zero attached hydrogens (tertiary/aromatic N) is 1. The van der Waals surface area contributed by atoms with Crippen molar-refractivity contribution >= 4 is 15.9 Å². The van der Waals surface area contributed by atoms with Crippen LogP contribution in [0.1, 0.15) is 18.4 Å².